The molecular weight excluding hydrogens is 254 g/mol. The van der Waals surface area contributed by atoms with Crippen molar-refractivity contribution in [3.8, 4) is 5.75 Å². The van der Waals surface area contributed by atoms with Crippen molar-refractivity contribution >= 4 is 0 Å². The van der Waals surface area contributed by atoms with E-state index in [0.717, 1.165) is 12.1 Å². The van der Waals surface area contributed by atoms with E-state index < -0.39 is 6.61 Å². The standard InChI is InChI=1S/C13H18F2N2O2/c14-13(15)19-12-4-2-1-3-10(12)8-17-5-6-18-11(7-16)9-17/h1-4,11,13H,5-9,16H2. The van der Waals surface area contributed by atoms with Gasteiger partial charge < -0.3 is 15.2 Å². The van der Waals surface area contributed by atoms with E-state index in [0.29, 0.717) is 26.2 Å². The van der Waals surface area contributed by atoms with Crippen LogP contribution in [0.5, 0.6) is 5.75 Å². The first-order chi connectivity index (χ1) is 9.19. The summed E-state index contributed by atoms with van der Waals surface area (Å²) in [5.74, 6) is 0.230. The smallest absolute Gasteiger partial charge is 0.387 e. The highest BCUT2D eigenvalue weighted by Gasteiger charge is 2.20. The van der Waals surface area contributed by atoms with E-state index >= 15 is 0 Å². The first-order valence-corrected chi connectivity index (χ1v) is 6.25. The topological polar surface area (TPSA) is 47.7 Å². The molecule has 1 saturated heterocycles. The van der Waals surface area contributed by atoms with Crippen LogP contribution in [0.4, 0.5) is 8.78 Å². The van der Waals surface area contributed by atoms with Gasteiger partial charge in [-0.1, -0.05) is 18.2 Å². The van der Waals surface area contributed by atoms with Crippen LogP contribution < -0.4 is 10.5 Å². The Morgan fingerprint density at radius 2 is 2.21 bits per heavy atom. The molecule has 1 fully saturated rings. The number of para-hydroxylation sites is 1. The highest BCUT2D eigenvalue weighted by molar-refractivity contribution is 5.33. The number of rotatable bonds is 5. The lowest BCUT2D eigenvalue weighted by atomic mass is 10.1. The molecule has 0 radical (unpaired) electrons. The van der Waals surface area contributed by atoms with Gasteiger partial charge in [0.15, 0.2) is 0 Å². The van der Waals surface area contributed by atoms with Gasteiger partial charge in [0, 0.05) is 31.7 Å². The lowest BCUT2D eigenvalue weighted by Gasteiger charge is -2.32. The molecular formula is C13H18F2N2O2. The van der Waals surface area contributed by atoms with E-state index in [4.69, 9.17) is 10.5 Å². The quantitative estimate of drug-likeness (QED) is 0.881. The van der Waals surface area contributed by atoms with Crippen molar-refractivity contribution in [3.63, 3.8) is 0 Å². The first kappa shape index (κ1) is 14.2. The molecule has 0 spiro atoms. The van der Waals surface area contributed by atoms with Crippen LogP contribution in [-0.4, -0.2) is 43.9 Å². The van der Waals surface area contributed by atoms with Gasteiger partial charge in [0.05, 0.1) is 12.7 Å². The molecule has 0 bridgehead atoms. The second kappa shape index (κ2) is 6.79. The van der Waals surface area contributed by atoms with Crippen LogP contribution in [0.1, 0.15) is 5.56 Å². The molecule has 1 aromatic carbocycles. The highest BCUT2D eigenvalue weighted by atomic mass is 19.3. The minimum absolute atomic E-state index is 0.0110. The molecule has 1 unspecified atom stereocenters. The SMILES string of the molecule is NCC1CN(Cc2ccccc2OC(F)F)CCO1. The molecule has 0 aromatic heterocycles. The molecule has 106 valence electrons. The maximum Gasteiger partial charge on any atom is 0.387 e. The fourth-order valence-corrected chi connectivity index (χ4v) is 2.15. The van der Waals surface area contributed by atoms with Crippen LogP contribution in [0, 0.1) is 0 Å². The Balaban J connectivity index is 2.01. The lowest BCUT2D eigenvalue weighted by Crippen LogP contribution is -2.45. The number of nitrogens with zero attached hydrogens (tertiary/aromatic N) is 1. The Morgan fingerprint density at radius 3 is 2.95 bits per heavy atom. The summed E-state index contributed by atoms with van der Waals surface area (Å²) in [5.41, 5.74) is 6.33. The minimum Gasteiger partial charge on any atom is -0.434 e. The molecule has 0 amide bonds. The van der Waals surface area contributed by atoms with E-state index in [2.05, 4.69) is 9.64 Å². The van der Waals surface area contributed by atoms with Crippen LogP contribution >= 0.6 is 0 Å². The number of alkyl halides is 2. The number of hydrogen-bond acceptors (Lipinski definition) is 4. The zero-order valence-electron chi connectivity index (χ0n) is 10.6. The van der Waals surface area contributed by atoms with Crippen molar-refractivity contribution in [2.45, 2.75) is 19.3 Å². The molecule has 6 heteroatoms. The fourth-order valence-electron chi connectivity index (χ4n) is 2.15. The predicted octanol–water partition coefficient (Wildman–Crippen LogP) is 1.45. The minimum atomic E-state index is -2.80. The van der Waals surface area contributed by atoms with Crippen molar-refractivity contribution in [1.29, 1.82) is 0 Å². The van der Waals surface area contributed by atoms with Crippen molar-refractivity contribution in [1.82, 2.24) is 4.90 Å². The molecule has 1 atom stereocenters. The van der Waals surface area contributed by atoms with Crippen molar-refractivity contribution in [2.24, 2.45) is 5.73 Å². The van der Waals surface area contributed by atoms with Crippen LogP contribution in [0.3, 0.4) is 0 Å². The Kier molecular flexibility index (Phi) is 5.07. The van der Waals surface area contributed by atoms with E-state index in [-0.39, 0.29) is 11.9 Å². The maximum atomic E-state index is 12.3. The number of halogens is 2. The fraction of sp³-hybridized carbons (Fsp3) is 0.538. The van der Waals surface area contributed by atoms with Gasteiger partial charge in [-0.15, -0.1) is 0 Å². The molecule has 1 heterocycles. The van der Waals surface area contributed by atoms with Gasteiger partial charge in [-0.2, -0.15) is 8.78 Å². The number of hydrogen-bond donors (Lipinski definition) is 1. The summed E-state index contributed by atoms with van der Waals surface area (Å²) in [6.07, 6.45) is 0.0110. The second-order valence-electron chi connectivity index (χ2n) is 4.45. The summed E-state index contributed by atoms with van der Waals surface area (Å²) in [6, 6.07) is 6.85. The van der Waals surface area contributed by atoms with Gasteiger partial charge in [-0.05, 0) is 6.07 Å². The van der Waals surface area contributed by atoms with E-state index in [1.165, 1.54) is 0 Å². The molecule has 2 N–H and O–H groups in total. The molecule has 4 nitrogen and oxygen atoms in total. The summed E-state index contributed by atoms with van der Waals surface area (Å²) in [7, 11) is 0. The zero-order chi connectivity index (χ0) is 13.7. The number of nitrogens with two attached hydrogens (primary N) is 1. The van der Waals surface area contributed by atoms with Crippen LogP contribution in [-0.2, 0) is 11.3 Å². The summed E-state index contributed by atoms with van der Waals surface area (Å²) in [4.78, 5) is 2.13. The molecule has 0 saturated carbocycles. The van der Waals surface area contributed by atoms with Crippen molar-refractivity contribution < 1.29 is 18.3 Å². The summed E-state index contributed by atoms with van der Waals surface area (Å²) >= 11 is 0. The molecule has 1 aliphatic rings. The second-order valence-corrected chi connectivity index (χ2v) is 4.45. The van der Waals surface area contributed by atoms with Crippen molar-refractivity contribution in [3.05, 3.63) is 29.8 Å². The Morgan fingerprint density at radius 1 is 1.42 bits per heavy atom. The predicted molar refractivity (Wildman–Crippen MR) is 67.1 cm³/mol. The lowest BCUT2D eigenvalue weighted by molar-refractivity contribution is -0.0521. The third-order valence-electron chi connectivity index (χ3n) is 3.07. The highest BCUT2D eigenvalue weighted by Crippen LogP contribution is 2.22. The largest absolute Gasteiger partial charge is 0.434 e. The van der Waals surface area contributed by atoms with Crippen LogP contribution in [0.25, 0.3) is 0 Å². The molecule has 2 rings (SSSR count). The van der Waals surface area contributed by atoms with Crippen molar-refractivity contribution in [2.75, 3.05) is 26.2 Å². The van der Waals surface area contributed by atoms with Gasteiger partial charge in [-0.3, -0.25) is 4.90 Å². The van der Waals surface area contributed by atoms with Gasteiger partial charge >= 0.3 is 6.61 Å². The number of benzene rings is 1. The number of ether oxygens (including phenoxy) is 2. The van der Waals surface area contributed by atoms with Crippen LogP contribution in [0.2, 0.25) is 0 Å². The van der Waals surface area contributed by atoms with E-state index in [1.54, 1.807) is 18.2 Å². The summed E-state index contributed by atoms with van der Waals surface area (Å²) in [5, 5.41) is 0. The third kappa shape index (κ3) is 4.12. The first-order valence-electron chi connectivity index (χ1n) is 6.25. The molecule has 1 aliphatic heterocycles. The maximum absolute atomic E-state index is 12.3. The van der Waals surface area contributed by atoms with E-state index in [1.807, 2.05) is 6.07 Å². The van der Waals surface area contributed by atoms with Gasteiger partial charge in [0.25, 0.3) is 0 Å². The Bertz CT molecular complexity index is 404. The van der Waals surface area contributed by atoms with Gasteiger partial charge in [0.2, 0.25) is 0 Å². The number of morpholine rings is 1. The zero-order valence-corrected chi connectivity index (χ0v) is 10.6. The monoisotopic (exact) mass is 272 g/mol. The Labute approximate surface area is 111 Å². The normalized spacial score (nSPS) is 20.7. The molecule has 19 heavy (non-hydrogen) atoms. The average molecular weight is 272 g/mol. The summed E-state index contributed by atoms with van der Waals surface area (Å²) < 4.78 is 34.6. The average Bonchev–Trinajstić information content (AvgIpc) is 2.41. The van der Waals surface area contributed by atoms with E-state index in [9.17, 15) is 8.78 Å². The van der Waals surface area contributed by atoms with Gasteiger partial charge in [0.1, 0.15) is 5.75 Å². The van der Waals surface area contributed by atoms with Crippen LogP contribution in [0.15, 0.2) is 24.3 Å². The molecule has 1 aromatic rings. The van der Waals surface area contributed by atoms with Gasteiger partial charge in [-0.25, -0.2) is 0 Å². The molecule has 0 aliphatic carbocycles. The summed E-state index contributed by atoms with van der Waals surface area (Å²) in [6.45, 7) is 0.301. The third-order valence-corrected chi connectivity index (χ3v) is 3.07. The Hall–Kier alpha value is -1.24.